The predicted molar refractivity (Wildman–Crippen MR) is 138 cm³/mol. The number of amides is 2. The van der Waals surface area contributed by atoms with Gasteiger partial charge in [-0.2, -0.15) is 0 Å². The van der Waals surface area contributed by atoms with Gasteiger partial charge in [0.25, 0.3) is 5.91 Å². The summed E-state index contributed by atoms with van der Waals surface area (Å²) in [4.78, 5) is 31.3. The Morgan fingerprint density at radius 1 is 0.972 bits per heavy atom. The van der Waals surface area contributed by atoms with Crippen LogP contribution in [0.15, 0.2) is 16.5 Å². The Morgan fingerprint density at radius 3 is 2.22 bits per heavy atom. The second-order valence-corrected chi connectivity index (χ2v) is 10.8. The number of rotatable bonds is 5. The third-order valence-corrected chi connectivity index (χ3v) is 8.16. The van der Waals surface area contributed by atoms with Crippen LogP contribution in [0.2, 0.25) is 0 Å². The van der Waals surface area contributed by atoms with Crippen LogP contribution in [0, 0.1) is 6.92 Å². The van der Waals surface area contributed by atoms with Crippen molar-refractivity contribution in [3.8, 4) is 5.75 Å². The van der Waals surface area contributed by atoms with E-state index in [-0.39, 0.29) is 24.0 Å². The molecule has 1 aliphatic carbocycles. The Bertz CT molecular complexity index is 1110. The summed E-state index contributed by atoms with van der Waals surface area (Å²) in [6.07, 6.45) is 6.01. The molecule has 3 fully saturated rings. The highest BCUT2D eigenvalue weighted by Crippen LogP contribution is 2.37. The number of nitrogens with zero attached hydrogens (tertiary/aromatic N) is 3. The fraction of sp³-hybridized carbons (Fsp3) is 0.643. The molecule has 1 saturated carbocycles. The molecule has 0 radical (unpaired) electrons. The molecular formula is C28H39N3O5. The molecule has 0 N–H and O–H groups in total. The van der Waals surface area contributed by atoms with Crippen LogP contribution in [0.4, 0.5) is 4.79 Å². The average molecular weight is 498 g/mol. The molecule has 8 heteroatoms. The van der Waals surface area contributed by atoms with Crippen molar-refractivity contribution in [3.05, 3.63) is 29.0 Å². The minimum atomic E-state index is -0.356. The van der Waals surface area contributed by atoms with Crippen molar-refractivity contribution in [1.29, 1.82) is 0 Å². The number of carbonyl (C=O) groups is 2. The highest BCUT2D eigenvalue weighted by atomic mass is 16.5. The van der Waals surface area contributed by atoms with Crippen LogP contribution in [0.3, 0.4) is 0 Å². The van der Waals surface area contributed by atoms with Gasteiger partial charge in [0, 0.05) is 62.3 Å². The molecule has 0 spiro atoms. The first-order valence-electron chi connectivity index (χ1n) is 13.5. The van der Waals surface area contributed by atoms with E-state index >= 15 is 0 Å². The zero-order chi connectivity index (χ0) is 25.4. The maximum Gasteiger partial charge on any atom is 0.409 e. The molecule has 8 nitrogen and oxygen atoms in total. The van der Waals surface area contributed by atoms with Crippen LogP contribution in [-0.4, -0.2) is 85.2 Å². The Labute approximate surface area is 213 Å². The third-order valence-electron chi connectivity index (χ3n) is 8.16. The minimum Gasteiger partial charge on any atom is -0.490 e. The molecule has 1 aromatic carbocycles. The van der Waals surface area contributed by atoms with Gasteiger partial charge in [-0.3, -0.25) is 4.79 Å². The molecule has 2 saturated heterocycles. The van der Waals surface area contributed by atoms with E-state index in [4.69, 9.17) is 13.9 Å². The first-order valence-corrected chi connectivity index (χ1v) is 13.5. The zero-order valence-electron chi connectivity index (χ0n) is 22.0. The molecule has 2 aliphatic heterocycles. The van der Waals surface area contributed by atoms with Gasteiger partial charge < -0.3 is 28.6 Å². The fourth-order valence-corrected chi connectivity index (χ4v) is 5.77. The summed E-state index contributed by atoms with van der Waals surface area (Å²) in [5, 5.41) is 0.978. The lowest BCUT2D eigenvalue weighted by molar-refractivity contribution is 0.0491. The van der Waals surface area contributed by atoms with Crippen molar-refractivity contribution in [3.63, 3.8) is 0 Å². The number of piperidine rings is 1. The van der Waals surface area contributed by atoms with Crippen LogP contribution in [0.25, 0.3) is 11.0 Å². The standard InChI is InChI=1S/C28H39N3O5/c1-18(2)25-22-16-19(3)23(35-21-8-10-29(11-9-21)20-6-5-7-20)17-24(22)36-26(25)27(32)30-12-14-31(15-13-30)28(33)34-4/h16-18,20-21H,5-15H2,1-4H3. The molecule has 0 atom stereocenters. The smallest absolute Gasteiger partial charge is 0.409 e. The van der Waals surface area contributed by atoms with Gasteiger partial charge in [-0.15, -0.1) is 0 Å². The van der Waals surface area contributed by atoms with Gasteiger partial charge in [-0.25, -0.2) is 4.79 Å². The molecule has 3 heterocycles. The number of ether oxygens (including phenoxy) is 2. The van der Waals surface area contributed by atoms with Gasteiger partial charge in [0.2, 0.25) is 0 Å². The van der Waals surface area contributed by atoms with Gasteiger partial charge in [-0.05, 0) is 50.2 Å². The van der Waals surface area contributed by atoms with Gasteiger partial charge in [0.05, 0.1) is 7.11 Å². The lowest BCUT2D eigenvalue weighted by Gasteiger charge is -2.41. The number of furan rings is 1. The van der Waals surface area contributed by atoms with Gasteiger partial charge in [-0.1, -0.05) is 20.3 Å². The van der Waals surface area contributed by atoms with Crippen LogP contribution in [0.1, 0.15) is 73.6 Å². The molecule has 36 heavy (non-hydrogen) atoms. The first kappa shape index (κ1) is 24.9. The number of hydrogen-bond acceptors (Lipinski definition) is 6. The Hall–Kier alpha value is -2.74. The summed E-state index contributed by atoms with van der Waals surface area (Å²) in [6.45, 7) is 10.3. The summed E-state index contributed by atoms with van der Waals surface area (Å²) >= 11 is 0. The number of piperazine rings is 1. The number of benzene rings is 1. The summed E-state index contributed by atoms with van der Waals surface area (Å²) in [5.41, 5.74) is 2.70. The second-order valence-electron chi connectivity index (χ2n) is 10.8. The number of carbonyl (C=O) groups excluding carboxylic acids is 2. The molecule has 0 bridgehead atoms. The van der Waals surface area contributed by atoms with E-state index in [9.17, 15) is 9.59 Å². The molecule has 1 aromatic heterocycles. The van der Waals surface area contributed by atoms with E-state index in [2.05, 4.69) is 31.7 Å². The molecule has 2 amide bonds. The van der Waals surface area contributed by atoms with Gasteiger partial charge in [0.15, 0.2) is 5.76 Å². The number of methoxy groups -OCH3 is 1. The summed E-state index contributed by atoms with van der Waals surface area (Å²) in [6, 6.07) is 4.88. The lowest BCUT2D eigenvalue weighted by Crippen LogP contribution is -2.50. The zero-order valence-corrected chi connectivity index (χ0v) is 22.0. The second kappa shape index (κ2) is 10.3. The van der Waals surface area contributed by atoms with E-state index in [1.165, 1.54) is 26.4 Å². The summed E-state index contributed by atoms with van der Waals surface area (Å²) in [7, 11) is 1.38. The molecule has 5 rings (SSSR count). The highest BCUT2D eigenvalue weighted by Gasteiger charge is 2.32. The quantitative estimate of drug-likeness (QED) is 0.592. The van der Waals surface area contributed by atoms with Crippen molar-refractivity contribution in [1.82, 2.24) is 14.7 Å². The first-order chi connectivity index (χ1) is 17.4. The summed E-state index contributed by atoms with van der Waals surface area (Å²) in [5.74, 6) is 1.25. The number of hydrogen-bond donors (Lipinski definition) is 0. The number of fused-ring (bicyclic) bond motifs is 1. The van der Waals surface area contributed by atoms with Crippen molar-refractivity contribution in [2.24, 2.45) is 0 Å². The number of likely N-dealkylation sites (tertiary alicyclic amines) is 1. The molecule has 2 aromatic rings. The SMILES string of the molecule is COC(=O)N1CCN(C(=O)c2oc3cc(OC4CCN(C5CCC5)CC4)c(C)cc3c2C(C)C)CC1. The molecule has 0 unspecified atom stereocenters. The maximum absolute atomic E-state index is 13.5. The van der Waals surface area contributed by atoms with Crippen molar-refractivity contribution in [2.45, 2.75) is 70.9 Å². The molecule has 3 aliphatic rings. The van der Waals surface area contributed by atoms with Crippen LogP contribution >= 0.6 is 0 Å². The van der Waals surface area contributed by atoms with Crippen molar-refractivity contribution in [2.75, 3.05) is 46.4 Å². The van der Waals surface area contributed by atoms with Crippen molar-refractivity contribution < 1.29 is 23.5 Å². The topological polar surface area (TPSA) is 75.5 Å². The van der Waals surface area contributed by atoms with E-state index in [1.54, 1.807) is 9.80 Å². The highest BCUT2D eigenvalue weighted by molar-refractivity contribution is 6.00. The average Bonchev–Trinajstić information content (AvgIpc) is 3.22. The van der Waals surface area contributed by atoms with Gasteiger partial charge in [0.1, 0.15) is 17.4 Å². The minimum absolute atomic E-state index is 0.122. The monoisotopic (exact) mass is 497 g/mol. The maximum atomic E-state index is 13.5. The molecular weight excluding hydrogens is 458 g/mol. The Kier molecular flexibility index (Phi) is 7.15. The van der Waals surface area contributed by atoms with Crippen LogP contribution in [0.5, 0.6) is 5.75 Å². The van der Waals surface area contributed by atoms with E-state index in [1.807, 2.05) is 6.07 Å². The van der Waals surface area contributed by atoms with Gasteiger partial charge >= 0.3 is 6.09 Å². The Morgan fingerprint density at radius 2 is 1.64 bits per heavy atom. The largest absolute Gasteiger partial charge is 0.490 e. The van der Waals surface area contributed by atoms with E-state index in [0.29, 0.717) is 37.5 Å². The lowest BCUT2D eigenvalue weighted by atomic mass is 9.90. The molecule has 196 valence electrons. The van der Waals surface area contributed by atoms with Crippen LogP contribution in [-0.2, 0) is 4.74 Å². The third kappa shape index (κ3) is 4.80. The predicted octanol–water partition coefficient (Wildman–Crippen LogP) is 4.78. The fourth-order valence-electron chi connectivity index (χ4n) is 5.77. The van der Waals surface area contributed by atoms with Crippen LogP contribution < -0.4 is 4.74 Å². The summed E-state index contributed by atoms with van der Waals surface area (Å²) < 4.78 is 17.5. The normalized spacial score (nSPS) is 20.1. The van der Waals surface area contributed by atoms with E-state index in [0.717, 1.165) is 54.2 Å². The number of aryl methyl sites for hydroxylation is 1. The van der Waals surface area contributed by atoms with Crippen molar-refractivity contribution >= 4 is 23.0 Å². The van der Waals surface area contributed by atoms with E-state index < -0.39 is 0 Å². The Balaban J connectivity index is 1.33.